The minimum atomic E-state index is -0.323. The Kier molecular flexibility index (Phi) is 7.45. The molecular formula is C28H38N4O4. The summed E-state index contributed by atoms with van der Waals surface area (Å²) in [5.41, 5.74) is 1.96. The Morgan fingerprint density at radius 3 is 2.33 bits per heavy atom. The molecule has 1 saturated heterocycles. The van der Waals surface area contributed by atoms with Crippen LogP contribution in [0, 0.1) is 0 Å². The molecule has 2 aliphatic heterocycles. The first-order valence-corrected chi connectivity index (χ1v) is 12.7. The number of aliphatic imine (C=N–C) groups is 1. The molecule has 2 aromatic carbocycles. The number of hydrogen-bond donors (Lipinski definition) is 2. The van der Waals surface area contributed by atoms with Gasteiger partial charge in [0.25, 0.3) is 0 Å². The number of benzene rings is 2. The molecular weight excluding hydrogens is 456 g/mol. The normalized spacial score (nSPS) is 18.9. The number of amides is 2. The van der Waals surface area contributed by atoms with Crippen molar-refractivity contribution in [1.82, 2.24) is 14.7 Å². The van der Waals surface area contributed by atoms with Crippen LogP contribution < -0.4 is 4.74 Å². The molecule has 0 bridgehead atoms. The fourth-order valence-corrected chi connectivity index (χ4v) is 5.01. The summed E-state index contributed by atoms with van der Waals surface area (Å²) < 4.78 is 5.74. The first-order chi connectivity index (χ1) is 17.1. The van der Waals surface area contributed by atoms with Gasteiger partial charge in [0.15, 0.2) is 0 Å². The first-order valence-electron chi connectivity index (χ1n) is 12.7. The van der Waals surface area contributed by atoms with Crippen LogP contribution in [-0.2, 0) is 5.41 Å². The van der Waals surface area contributed by atoms with Crippen LogP contribution in [0.3, 0.4) is 0 Å². The van der Waals surface area contributed by atoms with E-state index >= 15 is 0 Å². The van der Waals surface area contributed by atoms with Crippen molar-refractivity contribution in [2.24, 2.45) is 4.99 Å². The van der Waals surface area contributed by atoms with Crippen LogP contribution in [0.15, 0.2) is 41.4 Å². The van der Waals surface area contributed by atoms with Gasteiger partial charge in [-0.2, -0.15) is 0 Å². The summed E-state index contributed by atoms with van der Waals surface area (Å²) in [6, 6.07) is 9.99. The van der Waals surface area contributed by atoms with E-state index in [0.717, 1.165) is 37.2 Å². The van der Waals surface area contributed by atoms with E-state index in [0.29, 0.717) is 36.8 Å². The second kappa shape index (κ2) is 10.4. The zero-order valence-corrected chi connectivity index (χ0v) is 22.0. The summed E-state index contributed by atoms with van der Waals surface area (Å²) in [5.74, 6) is 1.37. The molecule has 0 aromatic heterocycles. The highest BCUT2D eigenvalue weighted by Gasteiger charge is 2.39. The van der Waals surface area contributed by atoms with Gasteiger partial charge in [-0.1, -0.05) is 39.8 Å². The van der Waals surface area contributed by atoms with Gasteiger partial charge in [-0.3, -0.25) is 14.8 Å². The minimum absolute atomic E-state index is 0.109. The summed E-state index contributed by atoms with van der Waals surface area (Å²) in [5, 5.41) is 20.7. The van der Waals surface area contributed by atoms with Gasteiger partial charge in [-0.25, -0.2) is 4.79 Å². The maximum Gasteiger partial charge on any atom is 0.326 e. The lowest BCUT2D eigenvalue weighted by molar-refractivity contribution is 0.121. The monoisotopic (exact) mass is 494 g/mol. The molecule has 8 heteroatoms. The molecule has 2 heterocycles. The molecule has 4 rings (SSSR count). The molecule has 0 saturated carbocycles. The van der Waals surface area contributed by atoms with Crippen molar-refractivity contribution in [3.8, 4) is 17.2 Å². The quantitative estimate of drug-likeness (QED) is 0.645. The number of urea groups is 1. The number of ether oxygens (including phenoxy) is 1. The summed E-state index contributed by atoms with van der Waals surface area (Å²) >= 11 is 0. The number of nitrogens with zero attached hydrogens (tertiary/aromatic N) is 4. The molecule has 0 spiro atoms. The van der Waals surface area contributed by atoms with Crippen LogP contribution in [0.25, 0.3) is 0 Å². The number of rotatable bonds is 5. The summed E-state index contributed by atoms with van der Waals surface area (Å²) in [4.78, 5) is 24.8. The van der Waals surface area contributed by atoms with Gasteiger partial charge in [-0.15, -0.1) is 0 Å². The first kappa shape index (κ1) is 25.8. The van der Waals surface area contributed by atoms with Gasteiger partial charge in [0.2, 0.25) is 0 Å². The van der Waals surface area contributed by atoms with E-state index < -0.39 is 0 Å². The number of hydrogen-bond acceptors (Lipinski definition) is 6. The number of piperazine rings is 1. The van der Waals surface area contributed by atoms with Gasteiger partial charge >= 0.3 is 6.03 Å². The second-order valence-corrected chi connectivity index (χ2v) is 10.6. The highest BCUT2D eigenvalue weighted by atomic mass is 16.5. The Hall–Kier alpha value is -3.26. The lowest BCUT2D eigenvalue weighted by Crippen LogP contribution is -2.54. The average Bonchev–Trinajstić information content (AvgIpc) is 3.28. The number of amidine groups is 1. The Morgan fingerprint density at radius 1 is 1.08 bits per heavy atom. The number of phenols is 2. The smallest absolute Gasteiger partial charge is 0.326 e. The predicted molar refractivity (Wildman–Crippen MR) is 141 cm³/mol. The van der Waals surface area contributed by atoms with Crippen LogP contribution >= 0.6 is 0 Å². The van der Waals surface area contributed by atoms with Crippen molar-refractivity contribution < 1.29 is 19.7 Å². The van der Waals surface area contributed by atoms with E-state index in [9.17, 15) is 15.0 Å². The van der Waals surface area contributed by atoms with Gasteiger partial charge < -0.3 is 19.8 Å². The molecule has 2 aromatic rings. The van der Waals surface area contributed by atoms with Crippen molar-refractivity contribution in [2.45, 2.75) is 45.6 Å². The van der Waals surface area contributed by atoms with Gasteiger partial charge in [-0.05, 0) is 48.2 Å². The molecule has 2 aliphatic rings. The fourth-order valence-electron chi connectivity index (χ4n) is 5.01. The molecule has 36 heavy (non-hydrogen) atoms. The van der Waals surface area contributed by atoms with Gasteiger partial charge in [0.05, 0.1) is 25.3 Å². The van der Waals surface area contributed by atoms with E-state index in [1.807, 2.05) is 43.9 Å². The Labute approximate surface area is 213 Å². The van der Waals surface area contributed by atoms with Crippen LogP contribution in [0.5, 0.6) is 17.2 Å². The molecule has 0 aliphatic carbocycles. The predicted octanol–water partition coefficient (Wildman–Crippen LogP) is 4.36. The minimum Gasteiger partial charge on any atom is -0.508 e. The lowest BCUT2D eigenvalue weighted by atomic mass is 9.85. The zero-order valence-electron chi connectivity index (χ0n) is 22.0. The number of carbonyl (C=O) groups excluding carboxylic acids is 1. The van der Waals surface area contributed by atoms with E-state index in [1.165, 1.54) is 0 Å². The van der Waals surface area contributed by atoms with Crippen LogP contribution in [-0.4, -0.2) is 83.2 Å². The highest BCUT2D eigenvalue weighted by molar-refractivity contribution is 6.10. The molecule has 2 N–H and O–H groups in total. The summed E-state index contributed by atoms with van der Waals surface area (Å²) in [6.07, 6.45) is 1.09. The maximum atomic E-state index is 14.0. The van der Waals surface area contributed by atoms with E-state index in [2.05, 4.69) is 11.8 Å². The van der Waals surface area contributed by atoms with E-state index in [-0.39, 0.29) is 29.0 Å². The van der Waals surface area contributed by atoms with Crippen molar-refractivity contribution in [3.63, 3.8) is 0 Å². The van der Waals surface area contributed by atoms with Crippen molar-refractivity contribution in [2.75, 3.05) is 46.4 Å². The summed E-state index contributed by atoms with van der Waals surface area (Å²) in [6.45, 7) is 12.7. The molecule has 1 fully saturated rings. The average molecular weight is 495 g/mol. The summed E-state index contributed by atoms with van der Waals surface area (Å²) in [7, 11) is 1.59. The van der Waals surface area contributed by atoms with Crippen LogP contribution in [0.1, 0.15) is 56.8 Å². The van der Waals surface area contributed by atoms with Gasteiger partial charge in [0, 0.05) is 31.7 Å². The van der Waals surface area contributed by atoms with Gasteiger partial charge in [0.1, 0.15) is 23.1 Å². The molecule has 8 nitrogen and oxygen atoms in total. The molecule has 0 unspecified atom stereocenters. The number of carbonyl (C=O) groups is 1. The van der Waals surface area contributed by atoms with Crippen molar-refractivity contribution in [3.05, 3.63) is 53.1 Å². The van der Waals surface area contributed by atoms with E-state index in [4.69, 9.17) is 9.73 Å². The third kappa shape index (κ3) is 5.14. The number of aromatic hydroxyl groups is 2. The highest BCUT2D eigenvalue weighted by Crippen LogP contribution is 2.39. The number of phenolic OH excluding ortho intramolecular Hbond substituents is 2. The third-order valence-electron chi connectivity index (χ3n) is 6.99. The molecule has 2 amide bonds. The molecule has 194 valence electrons. The van der Waals surface area contributed by atoms with Crippen molar-refractivity contribution >= 4 is 11.9 Å². The standard InChI is InChI=1S/C28H38N4O4/c1-6-11-30-12-14-31(15-13-30)27(35)32-23(19-7-9-20(33)10-8-19)18-29-26(32)21-16-24(34)22(28(2,3)4)17-25(21)36-5/h7-10,16-17,23,33-34H,6,11-15,18H2,1-5H3/t23-/m0/s1. The van der Waals surface area contributed by atoms with Crippen LogP contribution in [0.2, 0.25) is 0 Å². The third-order valence-corrected chi connectivity index (χ3v) is 6.99. The Morgan fingerprint density at radius 2 is 1.75 bits per heavy atom. The maximum absolute atomic E-state index is 14.0. The van der Waals surface area contributed by atoms with Crippen molar-refractivity contribution in [1.29, 1.82) is 0 Å². The zero-order chi connectivity index (χ0) is 26.0. The Balaban J connectivity index is 1.72. The van der Waals surface area contributed by atoms with E-state index in [1.54, 1.807) is 30.2 Å². The lowest BCUT2D eigenvalue weighted by Gasteiger charge is -2.38. The molecule has 0 radical (unpaired) electrons. The Bertz CT molecular complexity index is 1120. The number of methoxy groups -OCH3 is 1. The SMILES string of the molecule is CCCN1CCN(C(=O)N2C(c3cc(O)c(C(C)(C)C)cc3OC)=NC[C@H]2c2ccc(O)cc2)CC1. The van der Waals surface area contributed by atoms with Crippen LogP contribution in [0.4, 0.5) is 4.79 Å². The largest absolute Gasteiger partial charge is 0.508 e. The fraction of sp³-hybridized carbons (Fsp3) is 0.500. The second-order valence-electron chi connectivity index (χ2n) is 10.6. The molecule has 1 atom stereocenters. The topological polar surface area (TPSA) is 88.8 Å².